The number of nitrogens with zero attached hydrogens (tertiary/aromatic N) is 2. The molecule has 28 heavy (non-hydrogen) atoms. The molecule has 0 aromatic heterocycles. The molecule has 0 aliphatic carbocycles. The Morgan fingerprint density at radius 1 is 0.714 bits per heavy atom. The van der Waals surface area contributed by atoms with E-state index in [-0.39, 0.29) is 49.8 Å². The molecule has 1 fully saturated rings. The molecular formula is C18H32N4O6. The summed E-state index contributed by atoms with van der Waals surface area (Å²) in [6.07, 6.45) is 0.690. The van der Waals surface area contributed by atoms with Crippen molar-refractivity contribution in [1.29, 1.82) is 0 Å². The first-order chi connectivity index (χ1) is 13.3. The van der Waals surface area contributed by atoms with Gasteiger partial charge < -0.3 is 20.8 Å². The van der Waals surface area contributed by atoms with E-state index in [1.54, 1.807) is 0 Å². The summed E-state index contributed by atoms with van der Waals surface area (Å²) in [5.41, 5.74) is 0. The Balaban J connectivity index is 2.47. The number of nitrogens with one attached hydrogen (secondary N) is 2. The number of carbonyl (C=O) groups excluding carboxylic acids is 2. The van der Waals surface area contributed by atoms with Gasteiger partial charge in [0, 0.05) is 39.0 Å². The molecule has 0 spiro atoms. The molecule has 1 heterocycles. The number of carboxylic acid groups (broad SMARTS) is 2. The maximum absolute atomic E-state index is 11.9. The van der Waals surface area contributed by atoms with Crippen molar-refractivity contribution in [2.24, 2.45) is 0 Å². The highest BCUT2D eigenvalue weighted by molar-refractivity contribution is 5.81. The van der Waals surface area contributed by atoms with Gasteiger partial charge in [0.2, 0.25) is 11.8 Å². The number of aliphatic carboxylic acids is 2. The summed E-state index contributed by atoms with van der Waals surface area (Å²) in [4.78, 5) is 49.3. The zero-order chi connectivity index (χ0) is 21.1. The highest BCUT2D eigenvalue weighted by atomic mass is 16.4. The first-order valence-electron chi connectivity index (χ1n) is 9.77. The van der Waals surface area contributed by atoms with Crippen molar-refractivity contribution in [1.82, 2.24) is 20.4 Å². The summed E-state index contributed by atoms with van der Waals surface area (Å²) in [5.74, 6) is -2.52. The van der Waals surface area contributed by atoms with Crippen LogP contribution in [-0.2, 0) is 19.2 Å². The van der Waals surface area contributed by atoms with Crippen LogP contribution in [0.4, 0.5) is 0 Å². The predicted molar refractivity (Wildman–Crippen MR) is 101 cm³/mol. The van der Waals surface area contributed by atoms with E-state index in [0.717, 1.165) is 0 Å². The van der Waals surface area contributed by atoms with Crippen LogP contribution in [0.5, 0.6) is 0 Å². The fourth-order valence-corrected chi connectivity index (χ4v) is 3.22. The summed E-state index contributed by atoms with van der Waals surface area (Å²) < 4.78 is 0. The summed E-state index contributed by atoms with van der Waals surface area (Å²) in [5, 5.41) is 23.1. The first-order valence-corrected chi connectivity index (χ1v) is 9.77. The second-order valence-corrected chi connectivity index (χ2v) is 6.84. The molecule has 2 unspecified atom stereocenters. The Bertz CT molecular complexity index is 500. The van der Waals surface area contributed by atoms with Crippen molar-refractivity contribution < 1.29 is 29.4 Å². The quantitative estimate of drug-likeness (QED) is 0.360. The minimum atomic E-state index is -0.993. The van der Waals surface area contributed by atoms with Crippen molar-refractivity contribution in [3.63, 3.8) is 0 Å². The summed E-state index contributed by atoms with van der Waals surface area (Å²) in [6.45, 7) is 6.76. The maximum Gasteiger partial charge on any atom is 0.303 e. The lowest BCUT2D eigenvalue weighted by Gasteiger charge is -2.42. The van der Waals surface area contributed by atoms with E-state index >= 15 is 0 Å². The fourth-order valence-electron chi connectivity index (χ4n) is 3.22. The zero-order valence-corrected chi connectivity index (χ0v) is 16.6. The number of carbonyl (C=O) groups is 4. The van der Waals surface area contributed by atoms with Gasteiger partial charge in [-0.1, -0.05) is 13.8 Å². The lowest BCUT2D eigenvalue weighted by molar-refractivity contribution is -0.139. The standard InChI is InChI=1S/C18H32N4O6/c1-3-13(19-15(23)5-7-17(25)26)21-9-11-22(12-10-21)14(4-2)20-16(24)6-8-18(27)28/h13-14H,3-12H2,1-2H3,(H,19,23)(H,20,24)(H,25,26)(H,27,28). The van der Waals surface area contributed by atoms with Crippen LogP contribution in [0.25, 0.3) is 0 Å². The van der Waals surface area contributed by atoms with Crippen molar-refractivity contribution >= 4 is 23.8 Å². The van der Waals surface area contributed by atoms with Gasteiger partial charge in [-0.3, -0.25) is 29.0 Å². The maximum atomic E-state index is 11.9. The molecule has 160 valence electrons. The molecule has 0 aromatic rings. The van der Waals surface area contributed by atoms with E-state index < -0.39 is 11.9 Å². The van der Waals surface area contributed by atoms with Gasteiger partial charge in [-0.15, -0.1) is 0 Å². The number of amides is 2. The van der Waals surface area contributed by atoms with Gasteiger partial charge in [-0.2, -0.15) is 0 Å². The molecule has 1 aliphatic heterocycles. The SMILES string of the molecule is CCC(NC(=O)CCC(=O)O)N1CCN(C(CC)NC(=O)CCC(=O)O)CC1. The second-order valence-electron chi connectivity index (χ2n) is 6.84. The van der Waals surface area contributed by atoms with Crippen LogP contribution in [-0.4, -0.2) is 82.3 Å². The largest absolute Gasteiger partial charge is 0.481 e. The highest BCUT2D eigenvalue weighted by Crippen LogP contribution is 2.12. The molecule has 2 amide bonds. The van der Waals surface area contributed by atoms with E-state index in [9.17, 15) is 19.2 Å². The third-order valence-electron chi connectivity index (χ3n) is 4.79. The van der Waals surface area contributed by atoms with E-state index in [0.29, 0.717) is 39.0 Å². The lowest BCUT2D eigenvalue weighted by atomic mass is 10.2. The summed E-state index contributed by atoms with van der Waals surface area (Å²) >= 11 is 0. The van der Waals surface area contributed by atoms with Crippen molar-refractivity contribution in [2.75, 3.05) is 26.2 Å². The smallest absolute Gasteiger partial charge is 0.303 e. The molecule has 0 aromatic carbocycles. The van der Waals surface area contributed by atoms with Crippen LogP contribution in [0, 0.1) is 0 Å². The van der Waals surface area contributed by atoms with Crippen molar-refractivity contribution in [2.45, 2.75) is 64.7 Å². The number of piperazine rings is 1. The number of hydrogen-bond donors (Lipinski definition) is 4. The molecule has 10 heteroatoms. The second kappa shape index (κ2) is 12.3. The molecule has 0 bridgehead atoms. The topological polar surface area (TPSA) is 139 Å². The van der Waals surface area contributed by atoms with Crippen LogP contribution >= 0.6 is 0 Å². The lowest BCUT2D eigenvalue weighted by Crippen LogP contribution is -2.59. The Kier molecular flexibility index (Phi) is 10.5. The molecule has 10 nitrogen and oxygen atoms in total. The highest BCUT2D eigenvalue weighted by Gasteiger charge is 2.27. The molecule has 4 N–H and O–H groups in total. The Morgan fingerprint density at radius 2 is 1.04 bits per heavy atom. The minimum absolute atomic E-state index is 0.0356. The fraction of sp³-hybridized carbons (Fsp3) is 0.778. The van der Waals surface area contributed by atoms with Gasteiger partial charge in [0.15, 0.2) is 0 Å². The van der Waals surface area contributed by atoms with Crippen LogP contribution in [0.3, 0.4) is 0 Å². The van der Waals surface area contributed by atoms with Crippen molar-refractivity contribution in [3.05, 3.63) is 0 Å². The van der Waals surface area contributed by atoms with Gasteiger partial charge in [0.1, 0.15) is 0 Å². The van der Waals surface area contributed by atoms with Gasteiger partial charge >= 0.3 is 11.9 Å². The van der Waals surface area contributed by atoms with E-state index in [1.807, 2.05) is 13.8 Å². The normalized spacial score (nSPS) is 17.5. The molecule has 0 radical (unpaired) electrons. The number of carboxylic acids is 2. The number of hydrogen-bond acceptors (Lipinski definition) is 6. The Hall–Kier alpha value is -2.20. The molecule has 2 atom stereocenters. The van der Waals surface area contributed by atoms with Crippen LogP contribution < -0.4 is 10.6 Å². The van der Waals surface area contributed by atoms with E-state index in [2.05, 4.69) is 20.4 Å². The molecule has 1 aliphatic rings. The number of rotatable bonds is 12. The van der Waals surface area contributed by atoms with Gasteiger partial charge in [0.25, 0.3) is 0 Å². The van der Waals surface area contributed by atoms with Gasteiger partial charge in [-0.25, -0.2) is 0 Å². The zero-order valence-electron chi connectivity index (χ0n) is 16.6. The van der Waals surface area contributed by atoms with Crippen LogP contribution in [0.15, 0.2) is 0 Å². The van der Waals surface area contributed by atoms with Crippen LogP contribution in [0.2, 0.25) is 0 Å². The van der Waals surface area contributed by atoms with Gasteiger partial charge in [0.05, 0.1) is 25.2 Å². The monoisotopic (exact) mass is 400 g/mol. The average Bonchev–Trinajstić information content (AvgIpc) is 2.67. The minimum Gasteiger partial charge on any atom is -0.481 e. The molecular weight excluding hydrogens is 368 g/mol. The third kappa shape index (κ3) is 8.66. The Morgan fingerprint density at radius 3 is 1.29 bits per heavy atom. The average molecular weight is 400 g/mol. The third-order valence-corrected chi connectivity index (χ3v) is 4.79. The predicted octanol–water partition coefficient (Wildman–Crippen LogP) is 0.0382. The first kappa shape index (κ1) is 23.8. The molecule has 1 rings (SSSR count). The molecule has 0 saturated carbocycles. The summed E-state index contributed by atoms with van der Waals surface area (Å²) in [7, 11) is 0. The van der Waals surface area contributed by atoms with Crippen LogP contribution in [0.1, 0.15) is 52.4 Å². The van der Waals surface area contributed by atoms with Gasteiger partial charge in [-0.05, 0) is 12.8 Å². The van der Waals surface area contributed by atoms with Crippen molar-refractivity contribution in [3.8, 4) is 0 Å². The van der Waals surface area contributed by atoms with E-state index in [1.165, 1.54) is 0 Å². The summed E-state index contributed by atoms with van der Waals surface area (Å²) in [6, 6.07) is 0. The van der Waals surface area contributed by atoms with E-state index in [4.69, 9.17) is 10.2 Å². The molecule has 1 saturated heterocycles. The Labute approximate surface area is 165 Å².